The Morgan fingerprint density at radius 2 is 1.95 bits per heavy atom. The first-order chi connectivity index (χ1) is 9.54. The number of nitrogens with one attached hydrogen (secondary N) is 1. The molecule has 0 aliphatic rings. The van der Waals surface area contributed by atoms with E-state index < -0.39 is 0 Å². The minimum Gasteiger partial charge on any atom is -0.437 e. The summed E-state index contributed by atoms with van der Waals surface area (Å²) in [6, 6.07) is 7.74. The van der Waals surface area contributed by atoms with Crippen molar-refractivity contribution in [2.24, 2.45) is 0 Å². The first-order valence-electron chi connectivity index (χ1n) is 6.61. The molecule has 0 aliphatic carbocycles. The lowest BCUT2D eigenvalue weighted by Crippen LogP contribution is -2.13. The van der Waals surface area contributed by atoms with Gasteiger partial charge in [-0.3, -0.25) is 5.10 Å². The van der Waals surface area contributed by atoms with Gasteiger partial charge in [0.1, 0.15) is 5.52 Å². The van der Waals surface area contributed by atoms with Crippen LogP contribution in [0.15, 0.2) is 34.9 Å². The molecule has 20 heavy (non-hydrogen) atoms. The third-order valence-corrected chi connectivity index (χ3v) is 3.13. The van der Waals surface area contributed by atoms with Crippen molar-refractivity contribution in [3.8, 4) is 0 Å². The molecule has 0 aliphatic heterocycles. The quantitative estimate of drug-likeness (QED) is 0.763. The van der Waals surface area contributed by atoms with Crippen LogP contribution in [0.4, 0.5) is 0 Å². The monoisotopic (exact) mass is 267 g/mol. The van der Waals surface area contributed by atoms with Gasteiger partial charge >= 0.3 is 0 Å². The minimum atomic E-state index is 0.0253. The first kappa shape index (κ1) is 12.7. The van der Waals surface area contributed by atoms with Crippen LogP contribution in [0, 0.1) is 0 Å². The fourth-order valence-electron chi connectivity index (χ4n) is 2.14. The molecule has 0 fully saturated rings. The van der Waals surface area contributed by atoms with Gasteiger partial charge < -0.3 is 4.42 Å². The van der Waals surface area contributed by atoms with Gasteiger partial charge in [0.2, 0.25) is 5.89 Å². The standard InChI is InChI=1S/C16H17N3O/c1-16(2,3)15-11(10-17-19-15)8-9-14-18-12-6-4-5-7-13(12)20-14/h4-10H,1-3H3,(H,17,19). The summed E-state index contributed by atoms with van der Waals surface area (Å²) >= 11 is 0. The molecule has 0 radical (unpaired) electrons. The molecule has 0 saturated heterocycles. The van der Waals surface area contributed by atoms with E-state index in [1.165, 1.54) is 0 Å². The molecule has 2 heterocycles. The Morgan fingerprint density at radius 1 is 1.15 bits per heavy atom. The lowest BCUT2D eigenvalue weighted by molar-refractivity contribution is 0.565. The molecule has 4 nitrogen and oxygen atoms in total. The highest BCUT2D eigenvalue weighted by molar-refractivity contribution is 5.76. The topological polar surface area (TPSA) is 54.7 Å². The van der Waals surface area contributed by atoms with Crippen molar-refractivity contribution < 1.29 is 4.42 Å². The van der Waals surface area contributed by atoms with Crippen molar-refractivity contribution in [2.75, 3.05) is 0 Å². The first-order valence-corrected chi connectivity index (χ1v) is 6.61. The van der Waals surface area contributed by atoms with Gasteiger partial charge in [-0.2, -0.15) is 5.10 Å². The molecule has 0 atom stereocenters. The van der Waals surface area contributed by atoms with Crippen LogP contribution in [-0.4, -0.2) is 15.2 Å². The van der Waals surface area contributed by atoms with Crippen LogP contribution < -0.4 is 0 Å². The Balaban J connectivity index is 1.93. The Bertz CT molecular complexity index is 726. The predicted molar refractivity (Wildman–Crippen MR) is 80.2 cm³/mol. The summed E-state index contributed by atoms with van der Waals surface area (Å²) in [4.78, 5) is 4.42. The van der Waals surface area contributed by atoms with Gasteiger partial charge in [0.05, 0.1) is 6.20 Å². The van der Waals surface area contributed by atoms with Crippen LogP contribution >= 0.6 is 0 Å². The van der Waals surface area contributed by atoms with Crippen LogP contribution in [0.2, 0.25) is 0 Å². The van der Waals surface area contributed by atoms with E-state index in [0.717, 1.165) is 22.4 Å². The zero-order valence-corrected chi connectivity index (χ0v) is 11.8. The van der Waals surface area contributed by atoms with Crippen molar-refractivity contribution in [1.82, 2.24) is 15.2 Å². The molecular formula is C16H17N3O. The maximum atomic E-state index is 5.66. The third kappa shape index (κ3) is 2.37. The number of aromatic nitrogens is 3. The summed E-state index contributed by atoms with van der Waals surface area (Å²) in [6.07, 6.45) is 5.68. The number of oxazole rings is 1. The largest absolute Gasteiger partial charge is 0.437 e. The van der Waals surface area contributed by atoms with Crippen molar-refractivity contribution >= 4 is 23.3 Å². The molecule has 2 aromatic heterocycles. The zero-order valence-electron chi connectivity index (χ0n) is 11.8. The summed E-state index contributed by atoms with van der Waals surface area (Å²) in [6.45, 7) is 6.45. The smallest absolute Gasteiger partial charge is 0.220 e. The summed E-state index contributed by atoms with van der Waals surface area (Å²) < 4.78 is 5.66. The molecule has 0 amide bonds. The summed E-state index contributed by atoms with van der Waals surface area (Å²) in [5, 5.41) is 7.17. The van der Waals surface area contributed by atoms with Crippen molar-refractivity contribution in [1.29, 1.82) is 0 Å². The summed E-state index contributed by atoms with van der Waals surface area (Å²) in [7, 11) is 0. The van der Waals surface area contributed by atoms with E-state index in [0.29, 0.717) is 5.89 Å². The average molecular weight is 267 g/mol. The Labute approximate surface area is 117 Å². The number of fused-ring (bicyclic) bond motifs is 1. The zero-order chi connectivity index (χ0) is 14.2. The molecule has 3 rings (SSSR count). The highest BCUT2D eigenvalue weighted by Gasteiger charge is 2.18. The second kappa shape index (κ2) is 4.63. The second-order valence-electron chi connectivity index (χ2n) is 5.80. The number of rotatable bonds is 2. The number of hydrogen-bond acceptors (Lipinski definition) is 3. The highest BCUT2D eigenvalue weighted by atomic mass is 16.3. The lowest BCUT2D eigenvalue weighted by Gasteiger charge is -2.16. The Morgan fingerprint density at radius 3 is 2.70 bits per heavy atom. The SMILES string of the molecule is CC(C)(C)c1[nH]ncc1C=Cc1nc2ccccc2o1. The van der Waals surface area contributed by atoms with E-state index in [1.54, 1.807) is 0 Å². The van der Waals surface area contributed by atoms with Crippen LogP contribution in [0.5, 0.6) is 0 Å². The fourth-order valence-corrected chi connectivity index (χ4v) is 2.14. The van der Waals surface area contributed by atoms with Crippen LogP contribution in [-0.2, 0) is 5.41 Å². The summed E-state index contributed by atoms with van der Waals surface area (Å²) in [5.41, 5.74) is 3.85. The second-order valence-corrected chi connectivity index (χ2v) is 5.80. The number of H-pyrrole nitrogens is 1. The molecule has 102 valence electrons. The Kier molecular flexibility index (Phi) is 2.93. The van der Waals surface area contributed by atoms with Crippen LogP contribution in [0.1, 0.15) is 37.9 Å². The van der Waals surface area contributed by atoms with Gasteiger partial charge in [-0.15, -0.1) is 0 Å². The molecule has 3 aromatic rings. The van der Waals surface area contributed by atoms with Gasteiger partial charge in [0.15, 0.2) is 5.58 Å². The van der Waals surface area contributed by atoms with Gasteiger partial charge in [-0.1, -0.05) is 32.9 Å². The maximum absolute atomic E-state index is 5.66. The van der Waals surface area contributed by atoms with Crippen molar-refractivity contribution in [3.63, 3.8) is 0 Å². The van der Waals surface area contributed by atoms with Crippen molar-refractivity contribution in [3.05, 3.63) is 47.6 Å². The lowest BCUT2D eigenvalue weighted by atomic mass is 9.89. The van der Waals surface area contributed by atoms with Gasteiger partial charge in [-0.25, -0.2) is 4.98 Å². The molecule has 1 N–H and O–H groups in total. The highest BCUT2D eigenvalue weighted by Crippen LogP contribution is 2.25. The molecule has 1 aromatic carbocycles. The van der Waals surface area contributed by atoms with Crippen LogP contribution in [0.3, 0.4) is 0 Å². The summed E-state index contributed by atoms with van der Waals surface area (Å²) in [5.74, 6) is 0.604. The number of nitrogens with zero attached hydrogens (tertiary/aromatic N) is 2. The fraction of sp³-hybridized carbons (Fsp3) is 0.250. The van der Waals surface area contributed by atoms with E-state index in [2.05, 4.69) is 36.0 Å². The molecule has 0 spiro atoms. The third-order valence-electron chi connectivity index (χ3n) is 3.13. The van der Waals surface area contributed by atoms with Crippen LogP contribution in [0.25, 0.3) is 23.3 Å². The van der Waals surface area contributed by atoms with E-state index in [9.17, 15) is 0 Å². The molecule has 4 heteroatoms. The minimum absolute atomic E-state index is 0.0253. The molecular weight excluding hydrogens is 250 g/mol. The normalized spacial score (nSPS) is 12.6. The van der Waals surface area contributed by atoms with Crippen molar-refractivity contribution in [2.45, 2.75) is 26.2 Å². The number of aromatic amines is 1. The molecule has 0 bridgehead atoms. The predicted octanol–water partition coefficient (Wildman–Crippen LogP) is 4.02. The van der Waals surface area contributed by atoms with Gasteiger partial charge in [0, 0.05) is 22.7 Å². The van der Waals surface area contributed by atoms with Gasteiger partial charge in [-0.05, 0) is 18.2 Å². The number of para-hydroxylation sites is 2. The Hall–Kier alpha value is -2.36. The molecule has 0 saturated carbocycles. The van der Waals surface area contributed by atoms with E-state index in [-0.39, 0.29) is 5.41 Å². The number of benzene rings is 1. The number of hydrogen-bond donors (Lipinski definition) is 1. The molecule has 0 unspecified atom stereocenters. The maximum Gasteiger partial charge on any atom is 0.220 e. The average Bonchev–Trinajstić information content (AvgIpc) is 3.01. The van der Waals surface area contributed by atoms with Gasteiger partial charge in [0.25, 0.3) is 0 Å². The van der Waals surface area contributed by atoms with E-state index >= 15 is 0 Å². The van der Waals surface area contributed by atoms with E-state index in [1.807, 2.05) is 42.6 Å². The van der Waals surface area contributed by atoms with E-state index in [4.69, 9.17) is 4.42 Å².